The van der Waals surface area contributed by atoms with Gasteiger partial charge in [-0.05, 0) is 62.8 Å². The molecule has 3 N–H and O–H groups in total. The number of carbonyl (C=O) groups is 1. The van der Waals surface area contributed by atoms with Gasteiger partial charge in [-0.1, -0.05) is 12.1 Å². The largest absolute Gasteiger partial charge is 0.491 e. The van der Waals surface area contributed by atoms with Crippen molar-refractivity contribution in [1.82, 2.24) is 4.57 Å². The number of nitrogens with zero attached hydrogens (tertiary/aromatic N) is 1. The first-order chi connectivity index (χ1) is 16.0. The summed E-state index contributed by atoms with van der Waals surface area (Å²) in [7, 11) is 1.66. The van der Waals surface area contributed by atoms with E-state index in [0.717, 1.165) is 59.3 Å². The summed E-state index contributed by atoms with van der Waals surface area (Å²) in [4.78, 5) is 12.2. The van der Waals surface area contributed by atoms with Crippen molar-refractivity contribution in [2.75, 3.05) is 31.4 Å². The van der Waals surface area contributed by atoms with Crippen LogP contribution in [0.3, 0.4) is 0 Å². The van der Waals surface area contributed by atoms with E-state index in [1.165, 1.54) is 0 Å². The Labute approximate surface area is 193 Å². The Morgan fingerprint density at radius 3 is 2.55 bits per heavy atom. The molecule has 3 aromatic rings. The molecule has 1 heterocycles. The highest BCUT2D eigenvalue weighted by Gasteiger charge is 2.31. The lowest BCUT2D eigenvalue weighted by Crippen LogP contribution is -2.21. The highest BCUT2D eigenvalue weighted by molar-refractivity contribution is 6.02. The van der Waals surface area contributed by atoms with Crippen molar-refractivity contribution in [2.45, 2.75) is 44.8 Å². The summed E-state index contributed by atoms with van der Waals surface area (Å²) >= 11 is 0. The number of rotatable bonds is 9. The van der Waals surface area contributed by atoms with Crippen molar-refractivity contribution >= 4 is 28.4 Å². The average molecular weight is 450 g/mol. The molecule has 2 saturated carbocycles. The lowest BCUT2D eigenvalue weighted by molar-refractivity contribution is 0.108. The summed E-state index contributed by atoms with van der Waals surface area (Å²) in [6, 6.07) is 14.3. The molecule has 5 rings (SSSR count). The number of nitrogens with one attached hydrogen (secondary N) is 1. The smallest absolute Gasteiger partial charge is 0.411 e. The molecule has 1 atom stereocenters. The zero-order valence-corrected chi connectivity index (χ0v) is 19.2. The summed E-state index contributed by atoms with van der Waals surface area (Å²) in [6.07, 6.45) is 4.10. The third-order valence-corrected chi connectivity index (χ3v) is 6.47. The van der Waals surface area contributed by atoms with Crippen LogP contribution in [0.15, 0.2) is 42.5 Å². The summed E-state index contributed by atoms with van der Waals surface area (Å²) in [5.41, 5.74) is 11.2. The zero-order chi connectivity index (χ0) is 22.9. The second-order valence-electron chi connectivity index (χ2n) is 9.03. The number of nitrogens with two attached hydrogens (primary N) is 1. The fraction of sp³-hybridized carbons (Fsp3) is 0.423. The van der Waals surface area contributed by atoms with Crippen molar-refractivity contribution in [1.29, 1.82) is 0 Å². The third kappa shape index (κ3) is 4.64. The van der Waals surface area contributed by atoms with Crippen LogP contribution < -0.4 is 15.8 Å². The Morgan fingerprint density at radius 1 is 1.12 bits per heavy atom. The summed E-state index contributed by atoms with van der Waals surface area (Å²) in [5.74, 6) is 1.32. The molecular weight excluding hydrogens is 418 g/mol. The van der Waals surface area contributed by atoms with Crippen LogP contribution in [0.2, 0.25) is 0 Å². The van der Waals surface area contributed by atoms with E-state index in [0.29, 0.717) is 30.9 Å². The van der Waals surface area contributed by atoms with E-state index in [4.69, 9.17) is 19.9 Å². The quantitative estimate of drug-likeness (QED) is 0.415. The number of benzene rings is 2. The number of nitrogen functional groups attached to an aromatic ring is 1. The zero-order valence-electron chi connectivity index (χ0n) is 19.2. The van der Waals surface area contributed by atoms with Gasteiger partial charge in [-0.15, -0.1) is 0 Å². The molecule has 1 aromatic heterocycles. The molecule has 33 heavy (non-hydrogen) atoms. The number of carbonyl (C=O) groups excluding carboxylic acids is 1. The Bertz CT molecular complexity index is 1150. The molecule has 0 aliphatic heterocycles. The maximum Gasteiger partial charge on any atom is 0.411 e. The molecule has 0 saturated heterocycles. The van der Waals surface area contributed by atoms with Gasteiger partial charge in [0, 0.05) is 35.9 Å². The molecular formula is C26H31N3O4. The Hall–Kier alpha value is -3.19. The summed E-state index contributed by atoms with van der Waals surface area (Å²) < 4.78 is 18.7. The molecule has 2 aromatic carbocycles. The molecule has 0 unspecified atom stereocenters. The highest BCUT2D eigenvalue weighted by atomic mass is 16.6. The molecule has 0 spiro atoms. The van der Waals surface area contributed by atoms with Gasteiger partial charge >= 0.3 is 6.09 Å². The SMILES string of the molecule is COCCOc1ccc2c(N)c(-c3ccc(NC(=O)O[C@H](C)C4CC4)cc3)n(C3CC3)c2c1. The van der Waals surface area contributed by atoms with Gasteiger partial charge in [0.15, 0.2) is 0 Å². The minimum Gasteiger partial charge on any atom is -0.491 e. The van der Waals surface area contributed by atoms with Crippen molar-refractivity contribution in [3.8, 4) is 17.0 Å². The van der Waals surface area contributed by atoms with Gasteiger partial charge in [-0.2, -0.15) is 0 Å². The van der Waals surface area contributed by atoms with Crippen molar-refractivity contribution in [2.24, 2.45) is 5.92 Å². The van der Waals surface area contributed by atoms with Gasteiger partial charge in [0.25, 0.3) is 0 Å². The van der Waals surface area contributed by atoms with E-state index in [2.05, 4.69) is 16.0 Å². The fourth-order valence-corrected chi connectivity index (χ4v) is 4.34. The molecule has 7 heteroatoms. The monoisotopic (exact) mass is 449 g/mol. The third-order valence-electron chi connectivity index (χ3n) is 6.47. The van der Waals surface area contributed by atoms with E-state index in [9.17, 15) is 4.79 Å². The standard InChI is InChI=1S/C26H31N3O4/c1-16(17-3-4-17)33-26(30)28-19-7-5-18(6-8-19)25-24(27)22-12-11-21(32-14-13-31-2)15-23(22)29(25)20-9-10-20/h5-8,11-12,15-17,20H,3-4,9-10,13-14,27H2,1-2H3,(H,28,30)/t16-/m1/s1. The number of amides is 1. The second kappa shape index (κ2) is 8.98. The van der Waals surface area contributed by atoms with Gasteiger partial charge in [0.05, 0.1) is 23.5 Å². The number of anilines is 2. The van der Waals surface area contributed by atoms with Gasteiger partial charge in [-0.25, -0.2) is 4.79 Å². The van der Waals surface area contributed by atoms with Crippen LogP contribution in [0.25, 0.3) is 22.2 Å². The molecule has 1 amide bonds. The van der Waals surface area contributed by atoms with Crippen LogP contribution >= 0.6 is 0 Å². The number of fused-ring (bicyclic) bond motifs is 1. The first-order valence-electron chi connectivity index (χ1n) is 11.7. The molecule has 174 valence electrons. The van der Waals surface area contributed by atoms with Crippen LogP contribution in [0.1, 0.15) is 38.6 Å². The topological polar surface area (TPSA) is 87.7 Å². The molecule has 2 fully saturated rings. The molecule has 2 aliphatic rings. The number of ether oxygens (including phenoxy) is 3. The minimum atomic E-state index is -0.408. The number of hydrogen-bond acceptors (Lipinski definition) is 5. The minimum absolute atomic E-state index is 0.0401. The van der Waals surface area contributed by atoms with Crippen LogP contribution in [0.4, 0.5) is 16.2 Å². The van der Waals surface area contributed by atoms with Gasteiger partial charge in [0.2, 0.25) is 0 Å². The van der Waals surface area contributed by atoms with E-state index in [-0.39, 0.29) is 6.10 Å². The predicted molar refractivity (Wildman–Crippen MR) is 130 cm³/mol. The Balaban J connectivity index is 1.39. The molecule has 7 nitrogen and oxygen atoms in total. The van der Waals surface area contributed by atoms with Crippen molar-refractivity contribution in [3.05, 3.63) is 42.5 Å². The van der Waals surface area contributed by atoms with Gasteiger partial charge < -0.3 is 24.5 Å². The summed E-state index contributed by atoms with van der Waals surface area (Å²) in [5, 5.41) is 3.85. The van der Waals surface area contributed by atoms with Crippen LogP contribution in [0.5, 0.6) is 5.75 Å². The van der Waals surface area contributed by atoms with Gasteiger partial charge in [0.1, 0.15) is 18.5 Å². The lowest BCUT2D eigenvalue weighted by atomic mass is 10.1. The van der Waals surface area contributed by atoms with Crippen molar-refractivity contribution < 1.29 is 19.0 Å². The molecule has 2 aliphatic carbocycles. The number of aromatic nitrogens is 1. The van der Waals surface area contributed by atoms with Crippen LogP contribution in [0, 0.1) is 5.92 Å². The lowest BCUT2D eigenvalue weighted by Gasteiger charge is -2.14. The fourth-order valence-electron chi connectivity index (χ4n) is 4.34. The molecule has 0 radical (unpaired) electrons. The van der Waals surface area contributed by atoms with E-state index >= 15 is 0 Å². The normalized spacial score (nSPS) is 16.5. The maximum atomic E-state index is 12.2. The second-order valence-corrected chi connectivity index (χ2v) is 9.03. The first-order valence-corrected chi connectivity index (χ1v) is 11.7. The average Bonchev–Trinajstić information content (AvgIpc) is 3.72. The van der Waals surface area contributed by atoms with E-state index in [1.54, 1.807) is 7.11 Å². The van der Waals surface area contributed by atoms with E-state index in [1.807, 2.05) is 43.3 Å². The summed E-state index contributed by atoms with van der Waals surface area (Å²) in [6.45, 7) is 3.00. The predicted octanol–water partition coefficient (Wildman–Crippen LogP) is 5.60. The Morgan fingerprint density at radius 2 is 1.88 bits per heavy atom. The first kappa shape index (κ1) is 21.6. The maximum absolute atomic E-state index is 12.2. The van der Waals surface area contributed by atoms with Crippen LogP contribution in [-0.2, 0) is 9.47 Å². The number of methoxy groups -OCH3 is 1. The Kier molecular flexibility index (Phi) is 5.89. The highest BCUT2D eigenvalue weighted by Crippen LogP contribution is 2.46. The number of hydrogen-bond donors (Lipinski definition) is 2. The van der Waals surface area contributed by atoms with Crippen molar-refractivity contribution in [3.63, 3.8) is 0 Å². The van der Waals surface area contributed by atoms with E-state index < -0.39 is 6.09 Å². The van der Waals surface area contributed by atoms with Crippen LogP contribution in [-0.4, -0.2) is 37.1 Å². The molecule has 0 bridgehead atoms. The van der Waals surface area contributed by atoms with Gasteiger partial charge in [-0.3, -0.25) is 5.32 Å².